The van der Waals surface area contributed by atoms with E-state index in [4.69, 9.17) is 9.47 Å². The molecular formula is C20H18N2O3. The SMILES string of the molecule is COc1cccc(C(=O)Nc2ncccc2OCc2ccccc2)c1. The van der Waals surface area contributed by atoms with Crippen LogP contribution in [0.15, 0.2) is 72.9 Å². The number of pyridine rings is 1. The predicted octanol–water partition coefficient (Wildman–Crippen LogP) is 3.92. The summed E-state index contributed by atoms with van der Waals surface area (Å²) in [4.78, 5) is 16.7. The molecule has 3 aromatic rings. The number of amides is 1. The number of carbonyl (C=O) groups excluding carboxylic acids is 1. The van der Waals surface area contributed by atoms with Gasteiger partial charge in [0.25, 0.3) is 5.91 Å². The Kier molecular flexibility index (Phi) is 5.26. The first-order chi connectivity index (χ1) is 12.3. The normalized spacial score (nSPS) is 10.1. The Labute approximate surface area is 146 Å². The van der Waals surface area contributed by atoms with Crippen molar-refractivity contribution < 1.29 is 14.3 Å². The molecule has 0 unspecified atom stereocenters. The maximum absolute atomic E-state index is 12.4. The Bertz CT molecular complexity index is 850. The van der Waals surface area contributed by atoms with Crippen molar-refractivity contribution in [1.29, 1.82) is 0 Å². The van der Waals surface area contributed by atoms with E-state index in [2.05, 4.69) is 10.3 Å². The average Bonchev–Trinajstić information content (AvgIpc) is 2.68. The Morgan fingerprint density at radius 3 is 2.68 bits per heavy atom. The van der Waals surface area contributed by atoms with Gasteiger partial charge in [-0.3, -0.25) is 4.79 Å². The topological polar surface area (TPSA) is 60.5 Å². The maximum atomic E-state index is 12.4. The van der Waals surface area contributed by atoms with E-state index in [0.717, 1.165) is 5.56 Å². The fourth-order valence-electron chi connectivity index (χ4n) is 2.28. The number of nitrogens with one attached hydrogen (secondary N) is 1. The van der Waals surface area contributed by atoms with Crippen LogP contribution in [-0.4, -0.2) is 18.0 Å². The molecule has 0 aliphatic rings. The van der Waals surface area contributed by atoms with Crippen LogP contribution in [-0.2, 0) is 6.61 Å². The molecule has 0 fully saturated rings. The zero-order chi connectivity index (χ0) is 17.5. The zero-order valence-electron chi connectivity index (χ0n) is 13.8. The average molecular weight is 334 g/mol. The molecule has 1 N–H and O–H groups in total. The molecule has 0 saturated carbocycles. The second-order valence-corrected chi connectivity index (χ2v) is 5.31. The lowest BCUT2D eigenvalue weighted by molar-refractivity contribution is 0.102. The lowest BCUT2D eigenvalue weighted by atomic mass is 10.2. The molecule has 0 aliphatic heterocycles. The van der Waals surface area contributed by atoms with Gasteiger partial charge < -0.3 is 14.8 Å². The van der Waals surface area contributed by atoms with Crippen LogP contribution in [0.2, 0.25) is 0 Å². The van der Waals surface area contributed by atoms with Crippen molar-refractivity contribution in [2.75, 3.05) is 12.4 Å². The van der Waals surface area contributed by atoms with Crippen LogP contribution in [0, 0.1) is 0 Å². The van der Waals surface area contributed by atoms with Gasteiger partial charge in [-0.05, 0) is 35.9 Å². The lowest BCUT2D eigenvalue weighted by Gasteiger charge is -2.12. The molecule has 0 saturated heterocycles. The maximum Gasteiger partial charge on any atom is 0.257 e. The van der Waals surface area contributed by atoms with E-state index in [1.165, 1.54) is 0 Å². The van der Waals surface area contributed by atoms with Gasteiger partial charge in [-0.15, -0.1) is 0 Å². The molecule has 1 amide bonds. The van der Waals surface area contributed by atoms with Gasteiger partial charge in [0.15, 0.2) is 11.6 Å². The summed E-state index contributed by atoms with van der Waals surface area (Å²) in [6.07, 6.45) is 1.61. The van der Waals surface area contributed by atoms with E-state index in [0.29, 0.717) is 29.5 Å². The summed E-state index contributed by atoms with van der Waals surface area (Å²) >= 11 is 0. The summed E-state index contributed by atoms with van der Waals surface area (Å²) in [6, 6.07) is 20.3. The van der Waals surface area contributed by atoms with Crippen molar-refractivity contribution in [2.45, 2.75) is 6.61 Å². The number of rotatable bonds is 6. The van der Waals surface area contributed by atoms with E-state index in [-0.39, 0.29) is 5.91 Å². The smallest absolute Gasteiger partial charge is 0.257 e. The summed E-state index contributed by atoms with van der Waals surface area (Å²) < 4.78 is 10.9. The molecule has 25 heavy (non-hydrogen) atoms. The fraction of sp³-hybridized carbons (Fsp3) is 0.100. The van der Waals surface area contributed by atoms with Gasteiger partial charge >= 0.3 is 0 Å². The van der Waals surface area contributed by atoms with E-state index in [1.807, 2.05) is 30.3 Å². The highest BCUT2D eigenvalue weighted by Crippen LogP contribution is 2.23. The van der Waals surface area contributed by atoms with Crippen LogP contribution >= 0.6 is 0 Å². The van der Waals surface area contributed by atoms with Gasteiger partial charge in [-0.2, -0.15) is 0 Å². The van der Waals surface area contributed by atoms with E-state index in [1.54, 1.807) is 49.7 Å². The molecule has 1 heterocycles. The highest BCUT2D eigenvalue weighted by molar-refractivity contribution is 6.04. The minimum atomic E-state index is -0.276. The van der Waals surface area contributed by atoms with E-state index < -0.39 is 0 Å². The lowest BCUT2D eigenvalue weighted by Crippen LogP contribution is -2.14. The third kappa shape index (κ3) is 4.35. The number of nitrogens with zero attached hydrogens (tertiary/aromatic N) is 1. The Hall–Kier alpha value is -3.34. The van der Waals surface area contributed by atoms with Crippen LogP contribution < -0.4 is 14.8 Å². The molecule has 2 aromatic carbocycles. The minimum Gasteiger partial charge on any atom is -0.497 e. The van der Waals surface area contributed by atoms with Gasteiger partial charge in [0.1, 0.15) is 12.4 Å². The van der Waals surface area contributed by atoms with Crippen molar-refractivity contribution >= 4 is 11.7 Å². The number of hydrogen-bond acceptors (Lipinski definition) is 4. The fourth-order valence-corrected chi connectivity index (χ4v) is 2.28. The zero-order valence-corrected chi connectivity index (χ0v) is 13.8. The van der Waals surface area contributed by atoms with E-state index in [9.17, 15) is 4.79 Å². The first kappa shape index (κ1) is 16.5. The molecular weight excluding hydrogens is 316 g/mol. The molecule has 0 atom stereocenters. The van der Waals surface area contributed by atoms with Gasteiger partial charge in [0.2, 0.25) is 0 Å². The van der Waals surface area contributed by atoms with Crippen molar-refractivity contribution in [2.24, 2.45) is 0 Å². The predicted molar refractivity (Wildman–Crippen MR) is 96.0 cm³/mol. The third-order valence-corrected chi connectivity index (χ3v) is 3.57. The molecule has 126 valence electrons. The van der Waals surface area contributed by atoms with Crippen molar-refractivity contribution in [1.82, 2.24) is 4.98 Å². The monoisotopic (exact) mass is 334 g/mol. The number of carbonyl (C=O) groups is 1. The molecule has 1 aromatic heterocycles. The van der Waals surface area contributed by atoms with Gasteiger partial charge in [-0.1, -0.05) is 36.4 Å². The largest absolute Gasteiger partial charge is 0.497 e. The number of ether oxygens (including phenoxy) is 2. The van der Waals surface area contributed by atoms with Crippen LogP contribution in [0.3, 0.4) is 0 Å². The van der Waals surface area contributed by atoms with Crippen LogP contribution in [0.5, 0.6) is 11.5 Å². The van der Waals surface area contributed by atoms with Crippen LogP contribution in [0.4, 0.5) is 5.82 Å². The number of aromatic nitrogens is 1. The highest BCUT2D eigenvalue weighted by Gasteiger charge is 2.12. The quantitative estimate of drug-likeness (QED) is 0.742. The number of anilines is 1. The minimum absolute atomic E-state index is 0.276. The van der Waals surface area contributed by atoms with Crippen LogP contribution in [0.25, 0.3) is 0 Å². The molecule has 0 aliphatic carbocycles. The second-order valence-electron chi connectivity index (χ2n) is 5.31. The molecule has 5 nitrogen and oxygen atoms in total. The summed E-state index contributed by atoms with van der Waals surface area (Å²) in [5.74, 6) is 1.24. The Morgan fingerprint density at radius 2 is 1.88 bits per heavy atom. The first-order valence-electron chi connectivity index (χ1n) is 7.83. The van der Waals surface area contributed by atoms with Crippen molar-refractivity contribution in [3.63, 3.8) is 0 Å². The number of methoxy groups -OCH3 is 1. The standard InChI is InChI=1S/C20H18N2O3/c1-24-17-10-5-9-16(13-17)20(23)22-19-18(11-6-12-21-19)25-14-15-7-3-2-4-8-15/h2-13H,14H2,1H3,(H,21,22,23). The van der Waals surface area contributed by atoms with Crippen LogP contribution in [0.1, 0.15) is 15.9 Å². The number of hydrogen-bond donors (Lipinski definition) is 1. The summed E-state index contributed by atoms with van der Waals surface area (Å²) in [5.41, 5.74) is 1.52. The molecule has 0 spiro atoms. The van der Waals surface area contributed by atoms with Gasteiger partial charge in [-0.25, -0.2) is 4.98 Å². The van der Waals surface area contributed by atoms with Gasteiger partial charge in [0, 0.05) is 11.8 Å². The molecule has 5 heteroatoms. The van der Waals surface area contributed by atoms with Gasteiger partial charge in [0.05, 0.1) is 7.11 Å². The van der Waals surface area contributed by atoms with E-state index >= 15 is 0 Å². The van der Waals surface area contributed by atoms with Crippen molar-refractivity contribution in [3.05, 3.63) is 84.1 Å². The van der Waals surface area contributed by atoms with Crippen molar-refractivity contribution in [3.8, 4) is 11.5 Å². The first-order valence-corrected chi connectivity index (χ1v) is 7.83. The Morgan fingerprint density at radius 1 is 1.04 bits per heavy atom. The third-order valence-electron chi connectivity index (χ3n) is 3.57. The highest BCUT2D eigenvalue weighted by atomic mass is 16.5. The Balaban J connectivity index is 1.73. The number of benzene rings is 2. The molecule has 0 bridgehead atoms. The molecule has 0 radical (unpaired) electrons. The second kappa shape index (κ2) is 7.97. The summed E-state index contributed by atoms with van der Waals surface area (Å²) in [7, 11) is 1.56. The summed E-state index contributed by atoms with van der Waals surface area (Å²) in [5, 5.41) is 2.78. The summed E-state index contributed by atoms with van der Waals surface area (Å²) in [6.45, 7) is 0.397. The molecule has 3 rings (SSSR count).